The summed E-state index contributed by atoms with van der Waals surface area (Å²) in [6, 6.07) is 7.40. The lowest BCUT2D eigenvalue weighted by molar-refractivity contribution is -0.135. The number of carbonyl (C=O) groups is 2. The highest BCUT2D eigenvalue weighted by molar-refractivity contribution is 5.92. The Hall–Kier alpha value is -3.46. The molecule has 2 N–H and O–H groups in total. The summed E-state index contributed by atoms with van der Waals surface area (Å²) in [7, 11) is 9.37. The molecule has 0 radical (unpaired) electrons. The molecule has 0 spiro atoms. The van der Waals surface area contributed by atoms with Gasteiger partial charge in [-0.05, 0) is 52.1 Å². The van der Waals surface area contributed by atoms with Crippen LogP contribution in [0.3, 0.4) is 0 Å². The average molecular weight is 468 g/mol. The molecule has 1 atom stereocenters. The normalized spacial score (nSPS) is 12.0. The van der Waals surface area contributed by atoms with Crippen LogP contribution in [0.5, 0.6) is 0 Å². The van der Waals surface area contributed by atoms with Gasteiger partial charge in [0, 0.05) is 46.0 Å². The van der Waals surface area contributed by atoms with Gasteiger partial charge in [0.2, 0.25) is 11.8 Å². The number of aryl methyl sites for hydroxylation is 1. The van der Waals surface area contributed by atoms with Crippen LogP contribution in [0.4, 0.5) is 17.3 Å². The quantitative estimate of drug-likeness (QED) is 0.490. The summed E-state index contributed by atoms with van der Waals surface area (Å²) >= 11 is 0. The molecule has 9 heteroatoms. The van der Waals surface area contributed by atoms with Gasteiger partial charge >= 0.3 is 0 Å². The highest BCUT2D eigenvalue weighted by Crippen LogP contribution is 2.20. The van der Waals surface area contributed by atoms with Crippen LogP contribution in [-0.2, 0) is 16.0 Å². The fourth-order valence-electron chi connectivity index (χ4n) is 3.20. The molecular formula is C25H37N7O2. The second kappa shape index (κ2) is 12.7. The highest BCUT2D eigenvalue weighted by atomic mass is 16.2. The van der Waals surface area contributed by atoms with E-state index >= 15 is 0 Å². The van der Waals surface area contributed by atoms with Gasteiger partial charge in [-0.2, -0.15) is 0 Å². The number of likely N-dealkylation sites (N-methyl/N-ethyl adjacent to an activating group) is 2. The lowest BCUT2D eigenvalue weighted by Crippen LogP contribution is -2.45. The van der Waals surface area contributed by atoms with Crippen molar-refractivity contribution in [2.75, 3.05) is 58.5 Å². The summed E-state index contributed by atoms with van der Waals surface area (Å²) < 4.78 is 0. The number of amides is 2. The Balaban J connectivity index is 1.89. The molecule has 1 aromatic heterocycles. The molecule has 0 saturated heterocycles. The summed E-state index contributed by atoms with van der Waals surface area (Å²) in [6.45, 7) is 4.79. The van der Waals surface area contributed by atoms with E-state index in [4.69, 9.17) is 0 Å². The molecule has 0 aliphatic carbocycles. The number of hydrogen-bond donors (Lipinski definition) is 2. The molecule has 2 aromatic rings. The SMILES string of the molecule is Cc1ncc(Nc2cccc(CCNC(=O)[C@H](C)N(C)C(=O)/C=C/CN(C)C)c2)nc1N(C)C. The van der Waals surface area contributed by atoms with E-state index in [2.05, 4.69) is 20.6 Å². The number of carbonyl (C=O) groups excluding carboxylic acids is 2. The summed E-state index contributed by atoms with van der Waals surface area (Å²) in [4.78, 5) is 39.1. The van der Waals surface area contributed by atoms with Gasteiger partial charge in [-0.3, -0.25) is 14.6 Å². The molecule has 0 fully saturated rings. The lowest BCUT2D eigenvalue weighted by atomic mass is 10.1. The summed E-state index contributed by atoms with van der Waals surface area (Å²) in [6.07, 6.45) is 5.66. The fourth-order valence-corrected chi connectivity index (χ4v) is 3.20. The van der Waals surface area contributed by atoms with Crippen LogP contribution in [0.25, 0.3) is 0 Å². The van der Waals surface area contributed by atoms with E-state index in [1.165, 1.54) is 11.0 Å². The molecule has 34 heavy (non-hydrogen) atoms. The maximum absolute atomic E-state index is 12.5. The number of anilines is 3. The Bertz CT molecular complexity index is 1000. The first-order valence-electron chi connectivity index (χ1n) is 11.3. The third kappa shape index (κ3) is 8.15. The van der Waals surface area contributed by atoms with Gasteiger partial charge in [0.05, 0.1) is 11.9 Å². The van der Waals surface area contributed by atoms with Gasteiger partial charge < -0.3 is 25.3 Å². The smallest absolute Gasteiger partial charge is 0.246 e. The van der Waals surface area contributed by atoms with Crippen molar-refractivity contribution in [2.24, 2.45) is 0 Å². The molecule has 0 saturated carbocycles. The van der Waals surface area contributed by atoms with E-state index in [1.54, 1.807) is 26.2 Å². The summed E-state index contributed by atoms with van der Waals surface area (Å²) in [5, 5.41) is 6.22. The van der Waals surface area contributed by atoms with Gasteiger partial charge in [-0.25, -0.2) is 4.98 Å². The minimum absolute atomic E-state index is 0.183. The summed E-state index contributed by atoms with van der Waals surface area (Å²) in [5.41, 5.74) is 2.84. The van der Waals surface area contributed by atoms with Crippen molar-refractivity contribution in [3.05, 3.63) is 53.9 Å². The zero-order valence-corrected chi connectivity index (χ0v) is 21.3. The molecule has 0 aliphatic rings. The molecule has 9 nitrogen and oxygen atoms in total. The molecule has 0 bridgehead atoms. The molecular weight excluding hydrogens is 430 g/mol. The van der Waals surface area contributed by atoms with E-state index in [0.29, 0.717) is 25.3 Å². The zero-order chi connectivity index (χ0) is 25.3. The van der Waals surface area contributed by atoms with Crippen LogP contribution in [0, 0.1) is 6.92 Å². The van der Waals surface area contributed by atoms with Gasteiger partial charge in [-0.1, -0.05) is 18.2 Å². The van der Waals surface area contributed by atoms with E-state index in [-0.39, 0.29) is 11.8 Å². The molecule has 2 rings (SSSR count). The van der Waals surface area contributed by atoms with Crippen LogP contribution in [0.15, 0.2) is 42.6 Å². The van der Waals surface area contributed by atoms with Crippen molar-refractivity contribution in [1.82, 2.24) is 25.1 Å². The van der Waals surface area contributed by atoms with Crippen LogP contribution in [0.1, 0.15) is 18.2 Å². The number of aromatic nitrogens is 2. The molecule has 0 unspecified atom stereocenters. The Labute approximate surface area is 202 Å². The van der Waals surface area contributed by atoms with Crippen molar-refractivity contribution in [3.8, 4) is 0 Å². The van der Waals surface area contributed by atoms with Crippen molar-refractivity contribution >= 4 is 29.1 Å². The fraction of sp³-hybridized carbons (Fsp3) is 0.440. The Morgan fingerprint density at radius 3 is 2.56 bits per heavy atom. The van der Waals surface area contributed by atoms with Gasteiger partial charge in [0.25, 0.3) is 0 Å². The van der Waals surface area contributed by atoms with Crippen LogP contribution < -0.4 is 15.5 Å². The summed E-state index contributed by atoms with van der Waals surface area (Å²) in [5.74, 6) is 1.10. The van der Waals surface area contributed by atoms with Crippen molar-refractivity contribution in [2.45, 2.75) is 26.3 Å². The first-order chi connectivity index (χ1) is 16.1. The minimum atomic E-state index is -0.560. The Morgan fingerprint density at radius 1 is 1.15 bits per heavy atom. The Morgan fingerprint density at radius 2 is 1.88 bits per heavy atom. The molecule has 1 aromatic carbocycles. The van der Waals surface area contributed by atoms with Crippen LogP contribution in [0.2, 0.25) is 0 Å². The third-order valence-electron chi connectivity index (χ3n) is 5.31. The minimum Gasteiger partial charge on any atom is -0.361 e. The Kier molecular flexibility index (Phi) is 10.0. The predicted molar refractivity (Wildman–Crippen MR) is 137 cm³/mol. The monoisotopic (exact) mass is 467 g/mol. The number of benzene rings is 1. The second-order valence-corrected chi connectivity index (χ2v) is 8.71. The maximum atomic E-state index is 12.5. The molecule has 2 amide bonds. The van der Waals surface area contributed by atoms with Crippen LogP contribution in [-0.4, -0.2) is 86.0 Å². The topological polar surface area (TPSA) is 93.7 Å². The van der Waals surface area contributed by atoms with E-state index in [1.807, 2.05) is 69.2 Å². The first kappa shape index (κ1) is 26.8. The van der Waals surface area contributed by atoms with Crippen LogP contribution >= 0.6 is 0 Å². The standard InChI is InChI=1S/C25H37N7O2/c1-18-24(31(5)6)29-22(17-27-18)28-21-11-8-10-20(16-21)13-14-26-25(34)19(2)32(7)23(33)12-9-15-30(3)4/h8-12,16-17,19H,13-15H2,1-7H3,(H,26,34)(H,28,29)/b12-9+/t19-/m0/s1. The largest absolute Gasteiger partial charge is 0.361 e. The predicted octanol–water partition coefficient (Wildman–Crippen LogP) is 2.22. The van der Waals surface area contributed by atoms with Crippen molar-refractivity contribution in [1.29, 1.82) is 0 Å². The van der Waals surface area contributed by atoms with Crippen molar-refractivity contribution < 1.29 is 9.59 Å². The number of nitrogens with one attached hydrogen (secondary N) is 2. The molecule has 0 aliphatic heterocycles. The maximum Gasteiger partial charge on any atom is 0.246 e. The van der Waals surface area contributed by atoms with Gasteiger partial charge in [-0.15, -0.1) is 0 Å². The number of nitrogens with zero attached hydrogens (tertiary/aromatic N) is 5. The first-order valence-corrected chi connectivity index (χ1v) is 11.3. The molecule has 1 heterocycles. The van der Waals surface area contributed by atoms with Crippen molar-refractivity contribution in [3.63, 3.8) is 0 Å². The van der Waals surface area contributed by atoms with E-state index < -0.39 is 6.04 Å². The molecule has 184 valence electrons. The van der Waals surface area contributed by atoms with E-state index in [9.17, 15) is 9.59 Å². The third-order valence-corrected chi connectivity index (χ3v) is 5.31. The average Bonchev–Trinajstić information content (AvgIpc) is 2.79. The zero-order valence-electron chi connectivity index (χ0n) is 21.3. The van der Waals surface area contributed by atoms with Gasteiger partial charge in [0.1, 0.15) is 6.04 Å². The highest BCUT2D eigenvalue weighted by Gasteiger charge is 2.20. The van der Waals surface area contributed by atoms with Gasteiger partial charge in [0.15, 0.2) is 11.6 Å². The number of rotatable bonds is 11. The second-order valence-electron chi connectivity index (χ2n) is 8.71. The number of hydrogen-bond acceptors (Lipinski definition) is 7. The lowest BCUT2D eigenvalue weighted by Gasteiger charge is -2.23. The van der Waals surface area contributed by atoms with E-state index in [0.717, 1.165) is 22.8 Å².